The van der Waals surface area contributed by atoms with Gasteiger partial charge >= 0.3 is 0 Å². The van der Waals surface area contributed by atoms with Crippen LogP contribution in [-0.4, -0.2) is 30.6 Å². The number of rotatable bonds is 8. The topological polar surface area (TPSA) is 48.0 Å². The second kappa shape index (κ2) is 10.7. The number of hydrogen-bond donors (Lipinski definition) is 0. The number of carbonyl (C=O) groups is 1. The minimum Gasteiger partial charge on any atom is -0.493 e. The van der Waals surface area contributed by atoms with Crippen LogP contribution in [0.25, 0.3) is 6.08 Å². The summed E-state index contributed by atoms with van der Waals surface area (Å²) in [6.45, 7) is 2.72. The molecule has 0 unspecified atom stereocenters. The number of carbonyl (C=O) groups excluding carboxylic acids is 1. The average Bonchev–Trinajstić information content (AvgIpc) is 3.10. The smallest absolute Gasteiger partial charge is 0.270 e. The minimum absolute atomic E-state index is 0.298. The average molecular weight is 496 g/mol. The molecule has 1 aliphatic heterocycles. The first-order chi connectivity index (χ1) is 16.5. The Labute approximate surface area is 207 Å². The summed E-state index contributed by atoms with van der Waals surface area (Å²) in [6.07, 6.45) is 1.73. The van der Waals surface area contributed by atoms with Gasteiger partial charge in [0.05, 0.1) is 17.7 Å². The number of thiocarbonyl (C=S) groups is 1. The first-order valence-electron chi connectivity index (χ1n) is 10.5. The van der Waals surface area contributed by atoms with Gasteiger partial charge in [0.1, 0.15) is 24.8 Å². The Balaban J connectivity index is 1.43. The van der Waals surface area contributed by atoms with Crippen molar-refractivity contribution in [3.8, 4) is 17.2 Å². The maximum atomic E-state index is 13.6. The Morgan fingerprint density at radius 1 is 0.971 bits per heavy atom. The number of benzene rings is 3. The molecule has 0 radical (unpaired) electrons. The van der Waals surface area contributed by atoms with Gasteiger partial charge in [0.15, 0.2) is 15.8 Å². The molecule has 3 aromatic carbocycles. The zero-order valence-electron chi connectivity index (χ0n) is 18.6. The van der Waals surface area contributed by atoms with E-state index in [1.807, 2.05) is 37.3 Å². The molecule has 1 aliphatic rings. The van der Waals surface area contributed by atoms with E-state index in [2.05, 4.69) is 0 Å². The van der Waals surface area contributed by atoms with E-state index in [9.17, 15) is 9.18 Å². The number of anilines is 1. The van der Waals surface area contributed by atoms with E-state index >= 15 is 0 Å². The summed E-state index contributed by atoms with van der Waals surface area (Å²) in [6, 6.07) is 19.0. The van der Waals surface area contributed by atoms with Crippen LogP contribution >= 0.6 is 24.0 Å². The van der Waals surface area contributed by atoms with Crippen LogP contribution in [0.4, 0.5) is 10.1 Å². The number of halogens is 1. The van der Waals surface area contributed by atoms with Crippen molar-refractivity contribution in [3.63, 3.8) is 0 Å². The molecule has 8 heteroatoms. The predicted molar refractivity (Wildman–Crippen MR) is 137 cm³/mol. The number of thioether (sulfide) groups is 1. The summed E-state index contributed by atoms with van der Waals surface area (Å²) in [5.41, 5.74) is 2.22. The lowest BCUT2D eigenvalue weighted by Gasteiger charge is -2.14. The van der Waals surface area contributed by atoms with Crippen LogP contribution in [0.1, 0.15) is 11.1 Å². The molecule has 1 heterocycles. The summed E-state index contributed by atoms with van der Waals surface area (Å²) < 4.78 is 31.0. The second-order valence-electron chi connectivity index (χ2n) is 7.37. The van der Waals surface area contributed by atoms with Gasteiger partial charge in [-0.3, -0.25) is 9.69 Å². The lowest BCUT2D eigenvalue weighted by molar-refractivity contribution is -0.113. The van der Waals surface area contributed by atoms with Crippen molar-refractivity contribution in [1.29, 1.82) is 0 Å². The molecule has 1 saturated heterocycles. The maximum Gasteiger partial charge on any atom is 0.270 e. The van der Waals surface area contributed by atoms with Crippen molar-refractivity contribution in [2.75, 3.05) is 25.2 Å². The fraction of sp³-hybridized carbons (Fsp3) is 0.154. The van der Waals surface area contributed by atoms with E-state index in [1.165, 1.54) is 28.8 Å². The Kier molecular flexibility index (Phi) is 7.49. The molecular formula is C26H22FNO4S2. The second-order valence-corrected chi connectivity index (χ2v) is 9.05. The predicted octanol–water partition coefficient (Wildman–Crippen LogP) is 6.01. The third-order valence-corrected chi connectivity index (χ3v) is 6.34. The Morgan fingerprint density at radius 2 is 1.74 bits per heavy atom. The van der Waals surface area contributed by atoms with Gasteiger partial charge in [-0.05, 0) is 60.5 Å². The normalized spacial score (nSPS) is 14.6. The molecule has 4 rings (SSSR count). The van der Waals surface area contributed by atoms with Crippen LogP contribution in [0, 0.1) is 12.7 Å². The number of nitrogens with zero attached hydrogens (tertiary/aromatic N) is 1. The number of ether oxygens (including phenoxy) is 3. The molecule has 0 N–H and O–H groups in total. The highest BCUT2D eigenvalue weighted by atomic mass is 32.2. The summed E-state index contributed by atoms with van der Waals surface area (Å²) in [5, 5.41) is 0. The van der Waals surface area contributed by atoms with Crippen molar-refractivity contribution in [2.45, 2.75) is 6.92 Å². The quantitative estimate of drug-likeness (QED) is 0.217. The third kappa shape index (κ3) is 5.40. The monoisotopic (exact) mass is 495 g/mol. The number of amides is 1. The third-order valence-electron chi connectivity index (χ3n) is 5.04. The summed E-state index contributed by atoms with van der Waals surface area (Å²) in [4.78, 5) is 14.7. The highest BCUT2D eigenvalue weighted by Gasteiger charge is 2.33. The Hall–Kier alpha value is -3.36. The van der Waals surface area contributed by atoms with Gasteiger partial charge in [-0.15, -0.1) is 0 Å². The molecule has 0 atom stereocenters. The molecule has 34 heavy (non-hydrogen) atoms. The molecular weight excluding hydrogens is 473 g/mol. The van der Waals surface area contributed by atoms with Gasteiger partial charge in [0, 0.05) is 0 Å². The molecule has 0 bridgehead atoms. The lowest BCUT2D eigenvalue weighted by atomic mass is 10.2. The molecule has 0 aliphatic carbocycles. The number of methoxy groups -OCH3 is 1. The van der Waals surface area contributed by atoms with Crippen LogP contribution in [0.5, 0.6) is 17.2 Å². The van der Waals surface area contributed by atoms with Gasteiger partial charge in [-0.1, -0.05) is 54.3 Å². The van der Waals surface area contributed by atoms with Crippen LogP contribution in [0.15, 0.2) is 71.6 Å². The van der Waals surface area contributed by atoms with E-state index in [0.717, 1.165) is 16.9 Å². The van der Waals surface area contributed by atoms with E-state index in [4.69, 9.17) is 26.4 Å². The van der Waals surface area contributed by atoms with Crippen LogP contribution in [0.2, 0.25) is 0 Å². The van der Waals surface area contributed by atoms with Gasteiger partial charge in [0.25, 0.3) is 5.91 Å². The van der Waals surface area contributed by atoms with Gasteiger partial charge in [0.2, 0.25) is 0 Å². The molecule has 174 valence electrons. The molecule has 1 fully saturated rings. The fourth-order valence-corrected chi connectivity index (χ4v) is 4.67. The highest BCUT2D eigenvalue weighted by molar-refractivity contribution is 8.27. The van der Waals surface area contributed by atoms with Gasteiger partial charge in [-0.2, -0.15) is 0 Å². The number of hydrogen-bond acceptors (Lipinski definition) is 6. The fourth-order valence-electron chi connectivity index (χ4n) is 3.37. The van der Waals surface area contributed by atoms with E-state index in [1.54, 1.807) is 37.5 Å². The maximum absolute atomic E-state index is 13.6. The first-order valence-corrected chi connectivity index (χ1v) is 11.7. The summed E-state index contributed by atoms with van der Waals surface area (Å²) >= 11 is 6.53. The van der Waals surface area contributed by atoms with Crippen molar-refractivity contribution in [1.82, 2.24) is 0 Å². The molecule has 0 saturated carbocycles. The zero-order chi connectivity index (χ0) is 24.1. The summed E-state index contributed by atoms with van der Waals surface area (Å²) in [7, 11) is 1.55. The number of para-hydroxylation sites is 1. The zero-order valence-corrected chi connectivity index (χ0v) is 20.3. The van der Waals surface area contributed by atoms with Crippen LogP contribution in [-0.2, 0) is 4.79 Å². The van der Waals surface area contributed by atoms with Crippen molar-refractivity contribution >= 4 is 46.0 Å². The van der Waals surface area contributed by atoms with Gasteiger partial charge < -0.3 is 14.2 Å². The van der Waals surface area contributed by atoms with Crippen molar-refractivity contribution in [3.05, 3.63) is 88.6 Å². The largest absolute Gasteiger partial charge is 0.493 e. The first kappa shape index (κ1) is 23.8. The Bertz CT molecular complexity index is 1260. The van der Waals surface area contributed by atoms with E-state index in [0.29, 0.717) is 39.6 Å². The van der Waals surface area contributed by atoms with Crippen molar-refractivity contribution < 1.29 is 23.4 Å². The minimum atomic E-state index is -0.430. The molecule has 0 aromatic heterocycles. The SMILES string of the molecule is COc1cc(/C=C2\SC(=S)N(c3cccc(F)c3)C2=O)ccc1OCCOc1ccccc1C. The Morgan fingerprint density at radius 3 is 2.47 bits per heavy atom. The molecule has 1 amide bonds. The van der Waals surface area contributed by atoms with Crippen LogP contribution in [0.3, 0.4) is 0 Å². The molecule has 3 aromatic rings. The van der Waals surface area contributed by atoms with Crippen LogP contribution < -0.4 is 19.1 Å². The van der Waals surface area contributed by atoms with E-state index < -0.39 is 5.82 Å². The number of aryl methyl sites for hydroxylation is 1. The van der Waals surface area contributed by atoms with Crippen molar-refractivity contribution in [2.24, 2.45) is 0 Å². The molecule has 0 spiro atoms. The van der Waals surface area contributed by atoms with Gasteiger partial charge in [-0.25, -0.2) is 4.39 Å². The standard InChI is InChI=1S/C26H22FNO4S2/c1-17-6-3-4-9-21(17)31-12-13-32-22-11-10-18(14-23(22)30-2)15-24-25(29)28(26(33)34-24)20-8-5-7-19(27)16-20/h3-11,14-16H,12-13H2,1-2H3/b24-15-. The van der Waals surface area contributed by atoms with E-state index in [-0.39, 0.29) is 5.91 Å². The summed E-state index contributed by atoms with van der Waals surface area (Å²) in [5.74, 6) is 1.20. The molecule has 5 nitrogen and oxygen atoms in total. The highest BCUT2D eigenvalue weighted by Crippen LogP contribution is 2.37. The lowest BCUT2D eigenvalue weighted by Crippen LogP contribution is -2.27.